The average molecular weight is 296 g/mol. The molecule has 1 fully saturated rings. The second-order valence-electron chi connectivity index (χ2n) is 5.92. The van der Waals surface area contributed by atoms with Gasteiger partial charge in [-0.2, -0.15) is 0 Å². The van der Waals surface area contributed by atoms with E-state index in [0.717, 1.165) is 31.2 Å². The maximum absolute atomic E-state index is 12.2. The molecule has 1 aliphatic carbocycles. The molecular formula is C16H22ClNO2. The van der Waals surface area contributed by atoms with Crippen LogP contribution in [-0.2, 0) is 0 Å². The molecule has 2 rings (SSSR count). The number of aryl methyl sites for hydroxylation is 1. The fourth-order valence-electron chi connectivity index (χ4n) is 2.93. The fraction of sp³-hybridized carbons (Fsp3) is 0.562. The molecule has 1 aromatic carbocycles. The number of benzene rings is 1. The van der Waals surface area contributed by atoms with Crippen molar-refractivity contribution in [1.29, 1.82) is 0 Å². The van der Waals surface area contributed by atoms with Gasteiger partial charge in [0, 0.05) is 22.5 Å². The summed E-state index contributed by atoms with van der Waals surface area (Å²) in [6.45, 7) is 2.59. The van der Waals surface area contributed by atoms with Crippen molar-refractivity contribution in [1.82, 2.24) is 5.32 Å². The number of hydrogen-bond acceptors (Lipinski definition) is 2. The SMILES string of the molecule is Cc1cc(Cl)cc(C(=O)NCC2(CO)CCCCC2)c1. The molecule has 0 unspecified atom stereocenters. The number of rotatable bonds is 4. The van der Waals surface area contributed by atoms with Gasteiger partial charge in [-0.15, -0.1) is 0 Å². The van der Waals surface area contributed by atoms with Crippen molar-refractivity contribution in [2.24, 2.45) is 5.41 Å². The number of aliphatic hydroxyl groups excluding tert-OH is 1. The number of aliphatic hydroxyl groups is 1. The van der Waals surface area contributed by atoms with Crippen LogP contribution in [0.15, 0.2) is 18.2 Å². The van der Waals surface area contributed by atoms with Gasteiger partial charge < -0.3 is 10.4 Å². The molecule has 1 saturated carbocycles. The van der Waals surface area contributed by atoms with E-state index in [2.05, 4.69) is 5.32 Å². The summed E-state index contributed by atoms with van der Waals surface area (Å²) in [6.07, 6.45) is 5.46. The summed E-state index contributed by atoms with van der Waals surface area (Å²) >= 11 is 5.98. The molecule has 0 aliphatic heterocycles. The highest BCUT2D eigenvalue weighted by Crippen LogP contribution is 2.35. The van der Waals surface area contributed by atoms with Gasteiger partial charge in [0.25, 0.3) is 5.91 Å². The molecule has 0 aromatic heterocycles. The van der Waals surface area contributed by atoms with Crippen LogP contribution in [-0.4, -0.2) is 24.2 Å². The van der Waals surface area contributed by atoms with E-state index in [0.29, 0.717) is 17.1 Å². The third kappa shape index (κ3) is 3.74. The summed E-state index contributed by atoms with van der Waals surface area (Å²) in [7, 11) is 0. The first-order valence-corrected chi connectivity index (χ1v) is 7.59. The van der Waals surface area contributed by atoms with Crippen LogP contribution in [0.4, 0.5) is 0 Å². The number of hydrogen-bond donors (Lipinski definition) is 2. The maximum Gasteiger partial charge on any atom is 0.251 e. The topological polar surface area (TPSA) is 49.3 Å². The fourth-order valence-corrected chi connectivity index (χ4v) is 3.22. The van der Waals surface area contributed by atoms with Crippen LogP contribution in [0.3, 0.4) is 0 Å². The predicted octanol–water partition coefficient (Wildman–Crippen LogP) is 3.32. The predicted molar refractivity (Wildman–Crippen MR) is 81.1 cm³/mol. The van der Waals surface area contributed by atoms with E-state index < -0.39 is 0 Å². The van der Waals surface area contributed by atoms with Gasteiger partial charge >= 0.3 is 0 Å². The normalized spacial score (nSPS) is 17.8. The van der Waals surface area contributed by atoms with Gasteiger partial charge in [0.1, 0.15) is 0 Å². The van der Waals surface area contributed by atoms with Gasteiger partial charge in [-0.05, 0) is 43.5 Å². The monoisotopic (exact) mass is 295 g/mol. The van der Waals surface area contributed by atoms with Crippen molar-refractivity contribution in [3.63, 3.8) is 0 Å². The van der Waals surface area contributed by atoms with Crippen LogP contribution in [0.2, 0.25) is 5.02 Å². The van der Waals surface area contributed by atoms with E-state index in [-0.39, 0.29) is 17.9 Å². The number of amides is 1. The number of carbonyl (C=O) groups excluding carboxylic acids is 1. The summed E-state index contributed by atoms with van der Waals surface area (Å²) in [5.74, 6) is -0.117. The number of carbonyl (C=O) groups is 1. The van der Waals surface area contributed by atoms with Crippen molar-refractivity contribution in [3.8, 4) is 0 Å². The molecular weight excluding hydrogens is 274 g/mol. The van der Waals surface area contributed by atoms with Crippen LogP contribution in [0.25, 0.3) is 0 Å². The van der Waals surface area contributed by atoms with Crippen molar-refractivity contribution in [2.45, 2.75) is 39.0 Å². The first-order chi connectivity index (χ1) is 9.54. The molecule has 1 aromatic rings. The van der Waals surface area contributed by atoms with Crippen LogP contribution in [0.5, 0.6) is 0 Å². The van der Waals surface area contributed by atoms with E-state index in [4.69, 9.17) is 11.6 Å². The highest BCUT2D eigenvalue weighted by Gasteiger charge is 2.31. The maximum atomic E-state index is 12.2. The number of halogens is 1. The molecule has 0 saturated heterocycles. The number of nitrogens with one attached hydrogen (secondary N) is 1. The highest BCUT2D eigenvalue weighted by atomic mass is 35.5. The molecule has 0 bridgehead atoms. The molecule has 4 heteroatoms. The second-order valence-corrected chi connectivity index (χ2v) is 6.36. The molecule has 0 atom stereocenters. The summed E-state index contributed by atoms with van der Waals surface area (Å²) in [5.41, 5.74) is 1.41. The Balaban J connectivity index is 2.00. The third-order valence-electron chi connectivity index (χ3n) is 4.18. The van der Waals surface area contributed by atoms with E-state index in [9.17, 15) is 9.90 Å². The van der Waals surface area contributed by atoms with Crippen LogP contribution in [0, 0.1) is 12.3 Å². The van der Waals surface area contributed by atoms with E-state index in [1.165, 1.54) is 6.42 Å². The molecule has 110 valence electrons. The van der Waals surface area contributed by atoms with E-state index in [1.807, 2.05) is 19.1 Å². The zero-order valence-corrected chi connectivity index (χ0v) is 12.7. The van der Waals surface area contributed by atoms with Gasteiger partial charge in [-0.3, -0.25) is 4.79 Å². The Kier molecular flexibility index (Phi) is 5.06. The van der Waals surface area contributed by atoms with E-state index in [1.54, 1.807) is 6.07 Å². The summed E-state index contributed by atoms with van der Waals surface area (Å²) in [6, 6.07) is 5.33. The second kappa shape index (κ2) is 6.59. The molecule has 0 radical (unpaired) electrons. The van der Waals surface area contributed by atoms with E-state index >= 15 is 0 Å². The van der Waals surface area contributed by atoms with Gasteiger partial charge in [-0.1, -0.05) is 30.9 Å². The lowest BCUT2D eigenvalue weighted by atomic mass is 9.74. The zero-order valence-electron chi connectivity index (χ0n) is 11.9. The largest absolute Gasteiger partial charge is 0.396 e. The minimum absolute atomic E-state index is 0.117. The Morgan fingerprint density at radius 3 is 2.60 bits per heavy atom. The Morgan fingerprint density at radius 1 is 1.30 bits per heavy atom. The first kappa shape index (κ1) is 15.3. The van der Waals surface area contributed by atoms with Crippen molar-refractivity contribution in [2.75, 3.05) is 13.2 Å². The van der Waals surface area contributed by atoms with Crippen LogP contribution >= 0.6 is 11.6 Å². The molecule has 1 amide bonds. The van der Waals surface area contributed by atoms with Gasteiger partial charge in [0.15, 0.2) is 0 Å². The molecule has 2 N–H and O–H groups in total. The standard InChI is InChI=1S/C16H22ClNO2/c1-12-7-13(9-14(17)8-12)15(20)18-10-16(11-19)5-3-2-4-6-16/h7-9,19H,2-6,10-11H2,1H3,(H,18,20). The molecule has 1 aliphatic rings. The molecule has 0 spiro atoms. The zero-order chi connectivity index (χ0) is 14.6. The van der Waals surface area contributed by atoms with Crippen molar-refractivity contribution < 1.29 is 9.90 Å². The smallest absolute Gasteiger partial charge is 0.251 e. The Labute approximate surface area is 125 Å². The lowest BCUT2D eigenvalue weighted by molar-refractivity contribution is 0.0718. The molecule has 3 nitrogen and oxygen atoms in total. The lowest BCUT2D eigenvalue weighted by Crippen LogP contribution is -2.41. The van der Waals surface area contributed by atoms with Gasteiger partial charge in [0.2, 0.25) is 0 Å². The Morgan fingerprint density at radius 2 is 2.00 bits per heavy atom. The Bertz CT molecular complexity index is 461. The van der Waals surface area contributed by atoms with Gasteiger partial charge in [0.05, 0.1) is 6.61 Å². The molecule has 20 heavy (non-hydrogen) atoms. The summed E-state index contributed by atoms with van der Waals surface area (Å²) in [4.78, 5) is 12.2. The summed E-state index contributed by atoms with van der Waals surface area (Å²) < 4.78 is 0. The lowest BCUT2D eigenvalue weighted by Gasteiger charge is -2.35. The van der Waals surface area contributed by atoms with Crippen molar-refractivity contribution in [3.05, 3.63) is 34.3 Å². The average Bonchev–Trinajstić information content (AvgIpc) is 2.45. The van der Waals surface area contributed by atoms with Crippen LogP contribution in [0.1, 0.15) is 48.0 Å². The minimum atomic E-state index is -0.137. The molecule has 0 heterocycles. The quantitative estimate of drug-likeness (QED) is 0.895. The van der Waals surface area contributed by atoms with Gasteiger partial charge in [-0.25, -0.2) is 0 Å². The Hall–Kier alpha value is -1.06. The van der Waals surface area contributed by atoms with Crippen molar-refractivity contribution >= 4 is 17.5 Å². The minimum Gasteiger partial charge on any atom is -0.396 e. The van der Waals surface area contributed by atoms with Crippen LogP contribution < -0.4 is 5.32 Å². The highest BCUT2D eigenvalue weighted by molar-refractivity contribution is 6.31. The summed E-state index contributed by atoms with van der Waals surface area (Å²) in [5, 5.41) is 13.2. The third-order valence-corrected chi connectivity index (χ3v) is 4.40. The first-order valence-electron chi connectivity index (χ1n) is 7.21.